The molecule has 0 radical (unpaired) electrons. The third kappa shape index (κ3) is 2.88. The second-order valence-corrected chi connectivity index (χ2v) is 5.29. The van der Waals surface area contributed by atoms with E-state index >= 15 is 0 Å². The molecule has 3 nitrogen and oxygen atoms in total. The van der Waals surface area contributed by atoms with Crippen molar-refractivity contribution in [2.24, 2.45) is 5.73 Å². The summed E-state index contributed by atoms with van der Waals surface area (Å²) in [5.74, 6) is -0.822. The Kier molecular flexibility index (Phi) is 3.66. The van der Waals surface area contributed by atoms with Crippen LogP contribution in [0.2, 0.25) is 0 Å². The number of amides is 1. The molecule has 1 aliphatic carbocycles. The van der Waals surface area contributed by atoms with Crippen molar-refractivity contribution in [3.8, 4) is 0 Å². The van der Waals surface area contributed by atoms with Crippen LogP contribution in [0.3, 0.4) is 0 Å². The minimum atomic E-state index is -0.525. The van der Waals surface area contributed by atoms with E-state index in [-0.39, 0.29) is 11.4 Å². The van der Waals surface area contributed by atoms with E-state index in [0.717, 1.165) is 12.8 Å². The zero-order chi connectivity index (χ0) is 13.2. The molecule has 1 aromatic carbocycles. The topological polar surface area (TPSA) is 55.1 Å². The molecule has 0 aromatic heterocycles. The van der Waals surface area contributed by atoms with Gasteiger partial charge in [0.1, 0.15) is 5.82 Å². The first-order chi connectivity index (χ1) is 8.50. The van der Waals surface area contributed by atoms with Crippen LogP contribution < -0.4 is 11.1 Å². The summed E-state index contributed by atoms with van der Waals surface area (Å²) in [7, 11) is 0. The minimum absolute atomic E-state index is 0.0924. The number of benzene rings is 1. The highest BCUT2D eigenvalue weighted by atomic mass is 19.1. The standard InChI is InChI=1S/C14H19FN2O/c1-14(6-2-3-7-14)17-9-11-8-10(13(16)18)4-5-12(11)15/h4-5,8,17H,2-3,6-7,9H2,1H3,(H2,16,18). The van der Waals surface area contributed by atoms with Crippen LogP contribution >= 0.6 is 0 Å². The molecule has 0 atom stereocenters. The van der Waals surface area contributed by atoms with Crippen LogP contribution in [0.25, 0.3) is 0 Å². The second kappa shape index (κ2) is 5.06. The summed E-state index contributed by atoms with van der Waals surface area (Å²) in [4.78, 5) is 11.1. The zero-order valence-corrected chi connectivity index (χ0v) is 10.6. The Morgan fingerprint density at radius 2 is 2.11 bits per heavy atom. The summed E-state index contributed by atoms with van der Waals surface area (Å²) >= 11 is 0. The molecular formula is C14H19FN2O. The van der Waals surface area contributed by atoms with Crippen molar-refractivity contribution < 1.29 is 9.18 Å². The van der Waals surface area contributed by atoms with E-state index in [4.69, 9.17) is 5.73 Å². The maximum atomic E-state index is 13.6. The third-order valence-corrected chi connectivity index (χ3v) is 3.74. The lowest BCUT2D eigenvalue weighted by Gasteiger charge is -2.25. The first kappa shape index (κ1) is 13.0. The van der Waals surface area contributed by atoms with Crippen LogP contribution in [0, 0.1) is 5.82 Å². The number of hydrogen-bond donors (Lipinski definition) is 2. The zero-order valence-electron chi connectivity index (χ0n) is 10.6. The van der Waals surface area contributed by atoms with Gasteiger partial charge in [0.05, 0.1) is 0 Å². The molecule has 0 bridgehead atoms. The molecular weight excluding hydrogens is 231 g/mol. The molecule has 0 unspecified atom stereocenters. The van der Waals surface area contributed by atoms with Gasteiger partial charge in [0, 0.05) is 23.2 Å². The van der Waals surface area contributed by atoms with Crippen molar-refractivity contribution in [3.05, 3.63) is 35.1 Å². The van der Waals surface area contributed by atoms with Crippen molar-refractivity contribution >= 4 is 5.91 Å². The van der Waals surface area contributed by atoms with Gasteiger partial charge in [-0.15, -0.1) is 0 Å². The van der Waals surface area contributed by atoms with Crippen LogP contribution in [0.5, 0.6) is 0 Å². The molecule has 4 heteroatoms. The van der Waals surface area contributed by atoms with E-state index in [2.05, 4.69) is 12.2 Å². The van der Waals surface area contributed by atoms with E-state index in [9.17, 15) is 9.18 Å². The average Bonchev–Trinajstić information content (AvgIpc) is 2.75. The molecule has 1 aromatic rings. The van der Waals surface area contributed by atoms with Gasteiger partial charge in [-0.3, -0.25) is 4.79 Å². The maximum Gasteiger partial charge on any atom is 0.248 e. The number of rotatable bonds is 4. The van der Waals surface area contributed by atoms with Gasteiger partial charge < -0.3 is 11.1 Å². The fourth-order valence-electron chi connectivity index (χ4n) is 2.50. The van der Waals surface area contributed by atoms with Gasteiger partial charge in [0.15, 0.2) is 0 Å². The van der Waals surface area contributed by atoms with Crippen molar-refractivity contribution in [3.63, 3.8) is 0 Å². The number of primary amides is 1. The Balaban J connectivity index is 2.08. The Morgan fingerprint density at radius 3 is 2.72 bits per heavy atom. The molecule has 0 heterocycles. The summed E-state index contributed by atoms with van der Waals surface area (Å²) in [6.45, 7) is 2.60. The van der Waals surface area contributed by atoms with Gasteiger partial charge in [0.2, 0.25) is 5.91 Å². The van der Waals surface area contributed by atoms with Crippen LogP contribution in [0.1, 0.15) is 48.5 Å². The summed E-state index contributed by atoms with van der Waals surface area (Å²) in [5, 5.41) is 3.39. The van der Waals surface area contributed by atoms with Crippen molar-refractivity contribution in [2.45, 2.75) is 44.7 Å². The number of hydrogen-bond acceptors (Lipinski definition) is 2. The highest BCUT2D eigenvalue weighted by molar-refractivity contribution is 5.92. The number of carbonyl (C=O) groups excluding carboxylic acids is 1. The molecule has 0 saturated heterocycles. The van der Waals surface area contributed by atoms with E-state index in [1.165, 1.54) is 31.0 Å². The molecule has 3 N–H and O–H groups in total. The van der Waals surface area contributed by atoms with Crippen LogP contribution in [-0.4, -0.2) is 11.4 Å². The number of halogens is 1. The second-order valence-electron chi connectivity index (χ2n) is 5.29. The third-order valence-electron chi connectivity index (χ3n) is 3.74. The normalized spacial score (nSPS) is 17.9. The molecule has 1 amide bonds. The smallest absolute Gasteiger partial charge is 0.248 e. The SMILES string of the molecule is CC1(NCc2cc(C(N)=O)ccc2F)CCCC1. The van der Waals surface area contributed by atoms with Gasteiger partial charge in [-0.25, -0.2) is 4.39 Å². The average molecular weight is 250 g/mol. The lowest BCUT2D eigenvalue weighted by molar-refractivity contribution is 0.1000. The van der Waals surface area contributed by atoms with Crippen LogP contribution in [0.4, 0.5) is 4.39 Å². The molecule has 0 spiro atoms. The Morgan fingerprint density at radius 1 is 1.44 bits per heavy atom. The van der Waals surface area contributed by atoms with Gasteiger partial charge in [-0.1, -0.05) is 12.8 Å². The summed E-state index contributed by atoms with van der Waals surface area (Å²) < 4.78 is 13.6. The summed E-state index contributed by atoms with van der Waals surface area (Å²) in [6, 6.07) is 4.25. The van der Waals surface area contributed by atoms with E-state index in [1.807, 2.05) is 0 Å². The maximum absolute atomic E-state index is 13.6. The van der Waals surface area contributed by atoms with Gasteiger partial charge in [-0.05, 0) is 38.0 Å². The predicted octanol–water partition coefficient (Wildman–Crippen LogP) is 2.35. The lowest BCUT2D eigenvalue weighted by atomic mass is 10.00. The van der Waals surface area contributed by atoms with Gasteiger partial charge in [-0.2, -0.15) is 0 Å². The van der Waals surface area contributed by atoms with Crippen molar-refractivity contribution in [2.75, 3.05) is 0 Å². The highest BCUT2D eigenvalue weighted by Crippen LogP contribution is 2.29. The molecule has 1 fully saturated rings. The van der Waals surface area contributed by atoms with Crippen LogP contribution in [-0.2, 0) is 6.54 Å². The molecule has 18 heavy (non-hydrogen) atoms. The highest BCUT2D eigenvalue weighted by Gasteiger charge is 2.27. The number of carbonyl (C=O) groups is 1. The number of nitrogens with one attached hydrogen (secondary N) is 1. The van der Waals surface area contributed by atoms with Crippen LogP contribution in [0.15, 0.2) is 18.2 Å². The molecule has 0 aliphatic heterocycles. The van der Waals surface area contributed by atoms with E-state index in [1.54, 1.807) is 0 Å². The number of nitrogens with two attached hydrogens (primary N) is 1. The fraction of sp³-hybridized carbons (Fsp3) is 0.500. The molecule has 98 valence electrons. The Bertz CT molecular complexity index is 453. The van der Waals surface area contributed by atoms with Crippen molar-refractivity contribution in [1.29, 1.82) is 0 Å². The van der Waals surface area contributed by atoms with E-state index in [0.29, 0.717) is 17.7 Å². The van der Waals surface area contributed by atoms with E-state index < -0.39 is 5.91 Å². The monoisotopic (exact) mass is 250 g/mol. The summed E-state index contributed by atoms with van der Waals surface area (Å²) in [5.41, 5.74) is 6.14. The predicted molar refractivity (Wildman–Crippen MR) is 68.6 cm³/mol. The minimum Gasteiger partial charge on any atom is -0.366 e. The first-order valence-corrected chi connectivity index (χ1v) is 6.33. The lowest BCUT2D eigenvalue weighted by Crippen LogP contribution is -2.39. The van der Waals surface area contributed by atoms with Crippen molar-refractivity contribution in [1.82, 2.24) is 5.32 Å². The summed E-state index contributed by atoms with van der Waals surface area (Å²) in [6.07, 6.45) is 4.66. The quantitative estimate of drug-likeness (QED) is 0.861. The largest absolute Gasteiger partial charge is 0.366 e. The first-order valence-electron chi connectivity index (χ1n) is 6.33. The molecule has 1 saturated carbocycles. The van der Waals surface area contributed by atoms with Gasteiger partial charge >= 0.3 is 0 Å². The Labute approximate surface area is 107 Å². The Hall–Kier alpha value is -1.42. The molecule has 1 aliphatic rings. The molecule has 2 rings (SSSR count). The fourth-order valence-corrected chi connectivity index (χ4v) is 2.50. The van der Waals surface area contributed by atoms with Gasteiger partial charge in [0.25, 0.3) is 0 Å².